The minimum Gasteiger partial charge on any atom is -0.344 e. The molecule has 0 radical (unpaired) electrons. The van der Waals surface area contributed by atoms with Gasteiger partial charge in [-0.25, -0.2) is 4.98 Å². The highest BCUT2D eigenvalue weighted by Gasteiger charge is 2.31. The molecule has 1 amide bonds. The Hall–Kier alpha value is -1.36. The fourth-order valence-corrected chi connectivity index (χ4v) is 2.20. The maximum Gasteiger partial charge on any atom is 0.237 e. The average Bonchev–Trinajstić information content (AvgIpc) is 2.85. The van der Waals surface area contributed by atoms with Gasteiger partial charge in [-0.05, 0) is 26.8 Å². The van der Waals surface area contributed by atoms with E-state index >= 15 is 0 Å². The number of hydrogen-bond acceptors (Lipinski definition) is 3. The van der Waals surface area contributed by atoms with E-state index in [-0.39, 0.29) is 11.9 Å². The third kappa shape index (κ3) is 2.09. The summed E-state index contributed by atoms with van der Waals surface area (Å²) in [6, 6.07) is 0.134. The Morgan fingerprint density at radius 2 is 2.56 bits per heavy atom. The van der Waals surface area contributed by atoms with E-state index in [4.69, 9.17) is 0 Å². The van der Waals surface area contributed by atoms with Crippen LogP contribution in [0.5, 0.6) is 0 Å². The van der Waals surface area contributed by atoms with E-state index < -0.39 is 0 Å². The molecule has 1 unspecified atom stereocenters. The number of hydrogen-bond donors (Lipinski definition) is 2. The summed E-state index contributed by atoms with van der Waals surface area (Å²) in [5.41, 5.74) is 1.04. The summed E-state index contributed by atoms with van der Waals surface area (Å²) >= 11 is 0. The van der Waals surface area contributed by atoms with E-state index in [9.17, 15) is 4.79 Å². The van der Waals surface area contributed by atoms with Crippen LogP contribution in [-0.4, -0.2) is 40.9 Å². The molecule has 1 atom stereocenters. The molecule has 1 fully saturated rings. The normalized spacial score (nSPS) is 20.4. The van der Waals surface area contributed by atoms with Crippen LogP contribution in [0.25, 0.3) is 0 Å². The lowest BCUT2D eigenvalue weighted by molar-refractivity contribution is -0.131. The minimum absolute atomic E-state index is 0.134. The molecule has 2 N–H and O–H groups in total. The van der Waals surface area contributed by atoms with E-state index in [0.29, 0.717) is 6.54 Å². The maximum absolute atomic E-state index is 11.9. The highest BCUT2D eigenvalue weighted by molar-refractivity contribution is 5.78. The van der Waals surface area contributed by atoms with Crippen molar-refractivity contribution in [2.75, 3.05) is 20.1 Å². The molecule has 1 aliphatic rings. The van der Waals surface area contributed by atoms with Crippen molar-refractivity contribution in [2.24, 2.45) is 0 Å². The molecule has 5 heteroatoms. The predicted octanol–water partition coefficient (Wildman–Crippen LogP) is 0.601. The summed E-state index contributed by atoms with van der Waals surface area (Å²) in [5, 5.41) is 2.90. The van der Waals surface area contributed by atoms with Gasteiger partial charge in [0, 0.05) is 18.4 Å². The van der Waals surface area contributed by atoms with E-state index in [0.717, 1.165) is 30.9 Å². The number of nitrogens with one attached hydrogen (secondary N) is 2. The lowest BCUT2D eigenvalue weighted by atomic mass is 10.2. The number of nitrogens with zero attached hydrogens (tertiary/aromatic N) is 2. The lowest BCUT2D eigenvalue weighted by Crippen LogP contribution is -2.37. The topological polar surface area (TPSA) is 61.0 Å². The summed E-state index contributed by atoms with van der Waals surface area (Å²) < 4.78 is 0. The molecule has 0 bridgehead atoms. The fraction of sp³-hybridized carbons (Fsp3) is 0.636. The third-order valence-corrected chi connectivity index (χ3v) is 2.94. The molecule has 1 aromatic rings. The summed E-state index contributed by atoms with van der Waals surface area (Å²) in [6.45, 7) is 3.21. The molecule has 1 saturated heterocycles. The Balaban J connectivity index is 2.11. The molecule has 0 aliphatic carbocycles. The standard InChI is InChI=1S/C11H18N4O/c1-8-6-13-11(14-8)9-4-3-5-15(9)10(16)7-12-2/h6,9,12H,3-5,7H2,1-2H3,(H,13,14). The van der Waals surface area contributed by atoms with Gasteiger partial charge < -0.3 is 15.2 Å². The first-order valence-electron chi connectivity index (χ1n) is 5.68. The van der Waals surface area contributed by atoms with Crippen LogP contribution in [0.15, 0.2) is 6.20 Å². The van der Waals surface area contributed by atoms with Crippen molar-refractivity contribution in [2.45, 2.75) is 25.8 Å². The maximum atomic E-state index is 11.9. The average molecular weight is 222 g/mol. The minimum atomic E-state index is 0.134. The van der Waals surface area contributed by atoms with Gasteiger partial charge in [0.2, 0.25) is 5.91 Å². The molecule has 1 aromatic heterocycles. The van der Waals surface area contributed by atoms with Gasteiger partial charge in [0.15, 0.2) is 0 Å². The molecule has 1 aliphatic heterocycles. The molecule has 0 spiro atoms. The number of carbonyl (C=O) groups is 1. The number of aromatic amines is 1. The van der Waals surface area contributed by atoms with Crippen molar-refractivity contribution in [3.05, 3.63) is 17.7 Å². The van der Waals surface area contributed by atoms with Crippen molar-refractivity contribution >= 4 is 5.91 Å². The van der Waals surface area contributed by atoms with Crippen LogP contribution < -0.4 is 5.32 Å². The smallest absolute Gasteiger partial charge is 0.237 e. The van der Waals surface area contributed by atoms with Crippen LogP contribution in [0.3, 0.4) is 0 Å². The second kappa shape index (κ2) is 4.65. The molecule has 2 rings (SSSR count). The quantitative estimate of drug-likeness (QED) is 0.787. The van der Waals surface area contributed by atoms with Gasteiger partial charge in [0.1, 0.15) is 5.82 Å². The number of aryl methyl sites for hydroxylation is 1. The Labute approximate surface area is 95.2 Å². The zero-order chi connectivity index (χ0) is 11.5. The first-order chi connectivity index (χ1) is 7.72. The molecule has 0 saturated carbocycles. The Kier molecular flexibility index (Phi) is 3.24. The number of imidazole rings is 1. The van der Waals surface area contributed by atoms with Crippen LogP contribution in [0.2, 0.25) is 0 Å². The molecule has 88 valence electrons. The van der Waals surface area contributed by atoms with Crippen molar-refractivity contribution in [3.63, 3.8) is 0 Å². The third-order valence-electron chi connectivity index (χ3n) is 2.94. The Bertz CT molecular complexity index is 374. The van der Waals surface area contributed by atoms with Gasteiger partial charge in [-0.2, -0.15) is 0 Å². The number of amides is 1. The first-order valence-corrected chi connectivity index (χ1v) is 5.68. The number of rotatable bonds is 3. The van der Waals surface area contributed by atoms with E-state index in [2.05, 4.69) is 15.3 Å². The Morgan fingerprint density at radius 1 is 1.75 bits per heavy atom. The second-order valence-corrected chi connectivity index (χ2v) is 4.23. The molecule has 2 heterocycles. The van der Waals surface area contributed by atoms with E-state index in [1.807, 2.05) is 18.0 Å². The predicted molar refractivity (Wildman–Crippen MR) is 60.9 cm³/mol. The summed E-state index contributed by atoms with van der Waals surface area (Å²) in [4.78, 5) is 21.3. The highest BCUT2D eigenvalue weighted by atomic mass is 16.2. The Morgan fingerprint density at radius 3 is 3.19 bits per heavy atom. The number of H-pyrrole nitrogens is 1. The van der Waals surface area contributed by atoms with Crippen LogP contribution in [-0.2, 0) is 4.79 Å². The van der Waals surface area contributed by atoms with E-state index in [1.165, 1.54) is 0 Å². The summed E-state index contributed by atoms with van der Waals surface area (Å²) in [6.07, 6.45) is 3.87. The lowest BCUT2D eigenvalue weighted by Gasteiger charge is -2.23. The van der Waals surface area contributed by atoms with Crippen LogP contribution in [0, 0.1) is 6.92 Å². The first kappa shape index (κ1) is 11.1. The fourth-order valence-electron chi connectivity index (χ4n) is 2.20. The van der Waals surface area contributed by atoms with Gasteiger partial charge in [-0.1, -0.05) is 0 Å². The van der Waals surface area contributed by atoms with Crippen molar-refractivity contribution < 1.29 is 4.79 Å². The van der Waals surface area contributed by atoms with Crippen molar-refractivity contribution in [3.8, 4) is 0 Å². The largest absolute Gasteiger partial charge is 0.344 e. The molecule has 16 heavy (non-hydrogen) atoms. The summed E-state index contributed by atoms with van der Waals surface area (Å²) in [7, 11) is 1.79. The van der Waals surface area contributed by atoms with E-state index in [1.54, 1.807) is 7.05 Å². The zero-order valence-electron chi connectivity index (χ0n) is 9.79. The number of likely N-dealkylation sites (tertiary alicyclic amines) is 1. The summed E-state index contributed by atoms with van der Waals surface area (Å²) in [5.74, 6) is 1.07. The van der Waals surface area contributed by atoms with Gasteiger partial charge in [0.25, 0.3) is 0 Å². The van der Waals surface area contributed by atoms with Crippen molar-refractivity contribution in [1.82, 2.24) is 20.2 Å². The molecule has 5 nitrogen and oxygen atoms in total. The van der Waals surface area contributed by atoms with Crippen LogP contribution >= 0.6 is 0 Å². The molecule has 0 aromatic carbocycles. The monoisotopic (exact) mass is 222 g/mol. The molecular formula is C11H18N4O. The van der Waals surface area contributed by atoms with Gasteiger partial charge >= 0.3 is 0 Å². The SMILES string of the molecule is CNCC(=O)N1CCCC1c1ncc(C)[nH]1. The second-order valence-electron chi connectivity index (χ2n) is 4.23. The van der Waals surface area contributed by atoms with Crippen LogP contribution in [0.4, 0.5) is 0 Å². The molecular weight excluding hydrogens is 204 g/mol. The zero-order valence-corrected chi connectivity index (χ0v) is 9.79. The number of aromatic nitrogens is 2. The van der Waals surface area contributed by atoms with Gasteiger partial charge in [-0.3, -0.25) is 4.79 Å². The highest BCUT2D eigenvalue weighted by Crippen LogP contribution is 2.29. The van der Waals surface area contributed by atoms with Crippen LogP contribution in [0.1, 0.15) is 30.4 Å². The van der Waals surface area contributed by atoms with Gasteiger partial charge in [-0.15, -0.1) is 0 Å². The van der Waals surface area contributed by atoms with Gasteiger partial charge in [0.05, 0.1) is 12.6 Å². The van der Waals surface area contributed by atoms with Crippen molar-refractivity contribution in [1.29, 1.82) is 0 Å². The number of likely N-dealkylation sites (N-methyl/N-ethyl adjacent to an activating group) is 1. The number of carbonyl (C=O) groups excluding carboxylic acids is 1.